The van der Waals surface area contributed by atoms with Gasteiger partial charge in [0.1, 0.15) is 0 Å². The van der Waals surface area contributed by atoms with Crippen molar-refractivity contribution in [1.82, 2.24) is 19.9 Å². The summed E-state index contributed by atoms with van der Waals surface area (Å²) in [4.78, 5) is 6.53. The third-order valence-electron chi connectivity index (χ3n) is 3.86. The Hall–Kier alpha value is -2.38. The van der Waals surface area contributed by atoms with E-state index in [2.05, 4.69) is 15.2 Å². The first-order chi connectivity index (χ1) is 11.8. The number of rotatable bonds is 4. The van der Waals surface area contributed by atoms with Crippen molar-refractivity contribution in [2.75, 3.05) is 24.6 Å². The quantitative estimate of drug-likeness (QED) is 0.723. The van der Waals surface area contributed by atoms with Crippen LogP contribution in [0.5, 0.6) is 0 Å². The molecule has 1 atom stereocenters. The van der Waals surface area contributed by atoms with E-state index in [-0.39, 0.29) is 6.10 Å². The number of hydrogen-bond acceptors (Lipinski definition) is 6. The van der Waals surface area contributed by atoms with Crippen LogP contribution in [0, 0.1) is 0 Å². The van der Waals surface area contributed by atoms with Crippen molar-refractivity contribution < 1.29 is 9.26 Å². The van der Waals surface area contributed by atoms with E-state index in [1.54, 1.807) is 6.20 Å². The molecule has 1 aliphatic heterocycles. The van der Waals surface area contributed by atoms with Gasteiger partial charge < -0.3 is 14.2 Å². The molecule has 0 bridgehead atoms. The topological polar surface area (TPSA) is 69.2 Å². The Labute approximate surface area is 143 Å². The van der Waals surface area contributed by atoms with Crippen LogP contribution in [0.2, 0.25) is 5.02 Å². The van der Waals surface area contributed by atoms with Gasteiger partial charge in [0, 0.05) is 29.5 Å². The molecular weight excluding hydrogens is 330 g/mol. The van der Waals surface area contributed by atoms with Gasteiger partial charge in [-0.15, -0.1) is 0 Å². The summed E-state index contributed by atoms with van der Waals surface area (Å²) in [5, 5.41) is 8.92. The van der Waals surface area contributed by atoms with E-state index in [0.29, 0.717) is 43.1 Å². The average Bonchev–Trinajstić information content (AvgIpc) is 3.27. The molecule has 0 aliphatic carbocycles. The SMILES string of the molecule is Clc1cccc(-c2noc(N3CCOC(Cn4cccn4)C3)n2)c1. The number of morpholine rings is 1. The molecule has 1 unspecified atom stereocenters. The Bertz CT molecular complexity index is 804. The highest BCUT2D eigenvalue weighted by atomic mass is 35.5. The average molecular weight is 346 g/mol. The zero-order valence-electron chi connectivity index (χ0n) is 12.9. The summed E-state index contributed by atoms with van der Waals surface area (Å²) in [7, 11) is 0. The van der Waals surface area contributed by atoms with Gasteiger partial charge in [0.25, 0.3) is 0 Å². The van der Waals surface area contributed by atoms with E-state index in [1.807, 2.05) is 46.1 Å². The Morgan fingerprint density at radius 3 is 3.08 bits per heavy atom. The fourth-order valence-corrected chi connectivity index (χ4v) is 2.90. The largest absolute Gasteiger partial charge is 0.373 e. The Morgan fingerprint density at radius 1 is 1.29 bits per heavy atom. The lowest BCUT2D eigenvalue weighted by Gasteiger charge is -2.31. The highest BCUT2D eigenvalue weighted by Crippen LogP contribution is 2.23. The number of hydrogen-bond donors (Lipinski definition) is 0. The summed E-state index contributed by atoms with van der Waals surface area (Å²) < 4.78 is 13.1. The van der Waals surface area contributed by atoms with Crippen molar-refractivity contribution in [3.63, 3.8) is 0 Å². The monoisotopic (exact) mass is 345 g/mol. The standard InChI is InChI=1S/C16H16ClN5O2/c17-13-4-1-3-12(9-13)15-19-16(24-20-15)21-7-8-23-14(10-21)11-22-6-2-5-18-22/h1-6,9,14H,7-8,10-11H2. The first-order valence-corrected chi connectivity index (χ1v) is 8.09. The van der Waals surface area contributed by atoms with E-state index >= 15 is 0 Å². The van der Waals surface area contributed by atoms with Crippen molar-refractivity contribution in [2.24, 2.45) is 0 Å². The first kappa shape index (κ1) is 15.2. The van der Waals surface area contributed by atoms with Crippen LogP contribution in [-0.2, 0) is 11.3 Å². The number of anilines is 1. The molecule has 0 radical (unpaired) electrons. The van der Waals surface area contributed by atoms with Crippen molar-refractivity contribution in [3.05, 3.63) is 47.7 Å². The smallest absolute Gasteiger partial charge is 0.324 e. The van der Waals surface area contributed by atoms with Crippen LogP contribution in [0.25, 0.3) is 11.4 Å². The maximum Gasteiger partial charge on any atom is 0.324 e. The zero-order valence-corrected chi connectivity index (χ0v) is 13.6. The molecule has 1 aliphatic rings. The number of benzene rings is 1. The van der Waals surface area contributed by atoms with E-state index in [0.717, 1.165) is 5.56 Å². The van der Waals surface area contributed by atoms with Gasteiger partial charge in [0.05, 0.1) is 25.8 Å². The lowest BCUT2D eigenvalue weighted by Crippen LogP contribution is -2.44. The minimum Gasteiger partial charge on any atom is -0.373 e. The minimum absolute atomic E-state index is 0.0279. The molecule has 24 heavy (non-hydrogen) atoms. The van der Waals surface area contributed by atoms with Crippen LogP contribution in [0.15, 0.2) is 47.2 Å². The fourth-order valence-electron chi connectivity index (χ4n) is 2.71. The molecule has 2 aromatic heterocycles. The molecule has 3 heterocycles. The number of halogens is 1. The fraction of sp³-hybridized carbons (Fsp3) is 0.312. The van der Waals surface area contributed by atoms with Crippen LogP contribution in [0.4, 0.5) is 6.01 Å². The van der Waals surface area contributed by atoms with Gasteiger partial charge in [-0.2, -0.15) is 10.1 Å². The lowest BCUT2D eigenvalue weighted by molar-refractivity contribution is 0.0255. The second kappa shape index (κ2) is 6.62. The number of nitrogens with zero attached hydrogens (tertiary/aromatic N) is 5. The number of aromatic nitrogens is 4. The Morgan fingerprint density at radius 2 is 2.25 bits per heavy atom. The van der Waals surface area contributed by atoms with Crippen molar-refractivity contribution in [1.29, 1.82) is 0 Å². The third-order valence-corrected chi connectivity index (χ3v) is 4.09. The molecule has 7 nitrogen and oxygen atoms in total. The van der Waals surface area contributed by atoms with Crippen LogP contribution in [0.3, 0.4) is 0 Å². The van der Waals surface area contributed by atoms with Crippen LogP contribution < -0.4 is 4.90 Å². The zero-order chi connectivity index (χ0) is 16.4. The summed E-state index contributed by atoms with van der Waals surface area (Å²) >= 11 is 6.02. The van der Waals surface area contributed by atoms with Crippen molar-refractivity contribution >= 4 is 17.6 Å². The summed E-state index contributed by atoms with van der Waals surface area (Å²) in [6.45, 7) is 2.70. The molecular formula is C16H16ClN5O2. The highest BCUT2D eigenvalue weighted by Gasteiger charge is 2.25. The van der Waals surface area contributed by atoms with Crippen molar-refractivity contribution in [2.45, 2.75) is 12.6 Å². The van der Waals surface area contributed by atoms with Gasteiger partial charge in [-0.1, -0.05) is 28.9 Å². The van der Waals surface area contributed by atoms with Gasteiger partial charge in [-0.25, -0.2) is 0 Å². The molecule has 0 spiro atoms. The predicted molar refractivity (Wildman–Crippen MR) is 88.9 cm³/mol. The second-order valence-corrected chi connectivity index (χ2v) is 6.01. The third kappa shape index (κ3) is 3.27. The second-order valence-electron chi connectivity index (χ2n) is 5.58. The summed E-state index contributed by atoms with van der Waals surface area (Å²) in [6, 6.07) is 9.79. The molecule has 0 saturated carbocycles. The van der Waals surface area contributed by atoms with E-state index in [9.17, 15) is 0 Å². The molecule has 0 amide bonds. The molecule has 0 N–H and O–H groups in total. The maximum absolute atomic E-state index is 6.02. The summed E-state index contributed by atoms with van der Waals surface area (Å²) in [6.07, 6.45) is 3.71. The maximum atomic E-state index is 6.02. The van der Waals surface area contributed by atoms with Gasteiger partial charge in [0.2, 0.25) is 5.82 Å². The number of ether oxygens (including phenoxy) is 1. The normalized spacial score (nSPS) is 18.0. The molecule has 3 aromatic rings. The van der Waals surface area contributed by atoms with E-state index < -0.39 is 0 Å². The van der Waals surface area contributed by atoms with Crippen LogP contribution in [-0.4, -0.2) is 45.7 Å². The van der Waals surface area contributed by atoms with Gasteiger partial charge in [-0.05, 0) is 18.2 Å². The molecule has 1 saturated heterocycles. The summed E-state index contributed by atoms with van der Waals surface area (Å²) in [5.41, 5.74) is 0.832. The highest BCUT2D eigenvalue weighted by molar-refractivity contribution is 6.30. The van der Waals surface area contributed by atoms with E-state index in [4.69, 9.17) is 20.9 Å². The van der Waals surface area contributed by atoms with Crippen LogP contribution >= 0.6 is 11.6 Å². The van der Waals surface area contributed by atoms with E-state index in [1.165, 1.54) is 0 Å². The predicted octanol–water partition coefficient (Wildman–Crippen LogP) is 2.49. The molecule has 8 heteroatoms. The Balaban J connectivity index is 1.47. The van der Waals surface area contributed by atoms with Gasteiger partial charge in [0.15, 0.2) is 0 Å². The summed E-state index contributed by atoms with van der Waals surface area (Å²) in [5.74, 6) is 0.530. The lowest BCUT2D eigenvalue weighted by atomic mass is 10.2. The van der Waals surface area contributed by atoms with Gasteiger partial charge >= 0.3 is 6.01 Å². The minimum atomic E-state index is 0.0279. The van der Waals surface area contributed by atoms with Gasteiger partial charge in [-0.3, -0.25) is 4.68 Å². The molecule has 124 valence electrons. The van der Waals surface area contributed by atoms with Crippen molar-refractivity contribution in [3.8, 4) is 11.4 Å². The van der Waals surface area contributed by atoms with Crippen LogP contribution in [0.1, 0.15) is 0 Å². The Kier molecular flexibility index (Phi) is 4.18. The molecule has 1 fully saturated rings. The molecule has 1 aromatic carbocycles. The first-order valence-electron chi connectivity index (χ1n) is 7.71. The molecule has 4 rings (SSSR count).